The quantitative estimate of drug-likeness (QED) is 0.935. The van der Waals surface area contributed by atoms with Crippen molar-refractivity contribution in [3.8, 4) is 5.69 Å². The normalized spacial score (nSPS) is 18.7. The molecule has 1 aromatic heterocycles. The number of carbonyl (C=O) groups excluding carboxylic acids is 1. The van der Waals surface area contributed by atoms with E-state index in [0.717, 1.165) is 37.1 Å². The van der Waals surface area contributed by atoms with E-state index >= 15 is 0 Å². The van der Waals surface area contributed by atoms with E-state index in [1.165, 1.54) is 0 Å². The van der Waals surface area contributed by atoms with Gasteiger partial charge in [-0.25, -0.2) is 4.98 Å². The van der Waals surface area contributed by atoms with E-state index < -0.39 is 0 Å². The molecular weight excluding hydrogens is 264 g/mol. The Hall–Kier alpha value is -2.14. The summed E-state index contributed by atoms with van der Waals surface area (Å²) in [6, 6.07) is 7.81. The van der Waals surface area contributed by atoms with Crippen LogP contribution in [0, 0.1) is 0 Å². The summed E-state index contributed by atoms with van der Waals surface area (Å²) >= 11 is 0. The Morgan fingerprint density at radius 3 is 2.76 bits per heavy atom. The molecule has 0 aliphatic carbocycles. The summed E-state index contributed by atoms with van der Waals surface area (Å²) in [5, 5.41) is 0. The van der Waals surface area contributed by atoms with Crippen LogP contribution in [0.5, 0.6) is 0 Å². The van der Waals surface area contributed by atoms with Crippen molar-refractivity contribution < 1.29 is 4.79 Å². The molecule has 1 atom stereocenters. The summed E-state index contributed by atoms with van der Waals surface area (Å²) < 4.78 is 1.91. The summed E-state index contributed by atoms with van der Waals surface area (Å²) in [7, 11) is 0. The largest absolute Gasteiger partial charge is 0.334 e. The van der Waals surface area contributed by atoms with E-state index in [4.69, 9.17) is 5.73 Å². The number of benzene rings is 1. The molecule has 0 radical (unpaired) electrons. The van der Waals surface area contributed by atoms with E-state index in [1.54, 1.807) is 12.5 Å². The Bertz CT molecular complexity index is 591. The maximum atomic E-state index is 12.6. The highest BCUT2D eigenvalue weighted by Gasteiger charge is 2.26. The summed E-state index contributed by atoms with van der Waals surface area (Å²) in [5.74, 6) is 0.0855. The first-order valence-corrected chi connectivity index (χ1v) is 7.39. The number of piperidine rings is 1. The predicted molar refractivity (Wildman–Crippen MR) is 81.3 cm³/mol. The third-order valence-corrected chi connectivity index (χ3v) is 4.08. The number of carbonyl (C=O) groups is 1. The average Bonchev–Trinajstić information content (AvgIpc) is 3.09. The molecule has 0 spiro atoms. The molecule has 2 aromatic rings. The number of hydrogen-bond donors (Lipinski definition) is 1. The van der Waals surface area contributed by atoms with Gasteiger partial charge in [0.25, 0.3) is 5.91 Å². The van der Waals surface area contributed by atoms with Gasteiger partial charge in [0.15, 0.2) is 0 Å². The number of aromatic nitrogens is 2. The highest BCUT2D eigenvalue weighted by atomic mass is 16.2. The smallest absolute Gasteiger partial charge is 0.254 e. The zero-order valence-corrected chi connectivity index (χ0v) is 12.0. The van der Waals surface area contributed by atoms with Crippen LogP contribution < -0.4 is 5.73 Å². The Labute approximate surface area is 124 Å². The van der Waals surface area contributed by atoms with Gasteiger partial charge in [0.05, 0.1) is 6.33 Å². The Morgan fingerprint density at radius 2 is 2.10 bits per heavy atom. The molecule has 3 rings (SSSR count). The van der Waals surface area contributed by atoms with Crippen molar-refractivity contribution in [2.75, 3.05) is 13.1 Å². The SMILES string of the molecule is NCC1CCCCN1C(=O)c1ccc(-n2ccnc2)cc1. The lowest BCUT2D eigenvalue weighted by molar-refractivity contribution is 0.0623. The highest BCUT2D eigenvalue weighted by Crippen LogP contribution is 2.19. The van der Waals surface area contributed by atoms with Crippen molar-refractivity contribution in [2.45, 2.75) is 25.3 Å². The summed E-state index contributed by atoms with van der Waals surface area (Å²) in [5.41, 5.74) is 7.51. The van der Waals surface area contributed by atoms with Crippen molar-refractivity contribution >= 4 is 5.91 Å². The standard InChI is InChI=1S/C16H20N4O/c17-11-15-3-1-2-9-20(15)16(21)13-4-6-14(7-5-13)19-10-8-18-12-19/h4-8,10,12,15H,1-3,9,11,17H2. The van der Waals surface area contributed by atoms with Gasteiger partial charge in [0, 0.05) is 42.8 Å². The minimum absolute atomic E-state index is 0.0855. The molecule has 5 nitrogen and oxygen atoms in total. The van der Waals surface area contributed by atoms with Gasteiger partial charge in [-0.15, -0.1) is 0 Å². The van der Waals surface area contributed by atoms with Crippen LogP contribution in [-0.2, 0) is 0 Å². The van der Waals surface area contributed by atoms with Gasteiger partial charge in [-0.2, -0.15) is 0 Å². The number of amides is 1. The van der Waals surface area contributed by atoms with Gasteiger partial charge in [0.2, 0.25) is 0 Å². The Balaban J connectivity index is 1.78. The fourth-order valence-corrected chi connectivity index (χ4v) is 2.87. The molecule has 0 saturated carbocycles. The second-order valence-corrected chi connectivity index (χ2v) is 5.40. The van der Waals surface area contributed by atoms with Crippen LogP contribution in [0.25, 0.3) is 5.69 Å². The van der Waals surface area contributed by atoms with Crippen molar-refractivity contribution in [1.29, 1.82) is 0 Å². The van der Waals surface area contributed by atoms with Gasteiger partial charge in [-0.05, 0) is 43.5 Å². The maximum absolute atomic E-state index is 12.6. The fourth-order valence-electron chi connectivity index (χ4n) is 2.87. The molecule has 5 heteroatoms. The molecule has 1 aliphatic rings. The molecular formula is C16H20N4O. The number of nitrogens with two attached hydrogens (primary N) is 1. The van der Waals surface area contributed by atoms with Gasteiger partial charge in [0.1, 0.15) is 0 Å². The Morgan fingerprint density at radius 1 is 1.29 bits per heavy atom. The zero-order valence-electron chi connectivity index (χ0n) is 12.0. The lowest BCUT2D eigenvalue weighted by Crippen LogP contribution is -2.47. The van der Waals surface area contributed by atoms with Crippen LogP contribution in [0.3, 0.4) is 0 Å². The fraction of sp³-hybridized carbons (Fsp3) is 0.375. The summed E-state index contributed by atoms with van der Waals surface area (Å²) in [4.78, 5) is 18.6. The van der Waals surface area contributed by atoms with Crippen molar-refractivity contribution in [3.05, 3.63) is 48.5 Å². The van der Waals surface area contributed by atoms with Crippen LogP contribution in [0.1, 0.15) is 29.6 Å². The first-order chi connectivity index (χ1) is 10.3. The van der Waals surface area contributed by atoms with Gasteiger partial charge in [-0.3, -0.25) is 4.79 Å². The number of imidazole rings is 1. The second kappa shape index (κ2) is 6.10. The van der Waals surface area contributed by atoms with E-state index in [0.29, 0.717) is 6.54 Å². The molecule has 2 N–H and O–H groups in total. The van der Waals surface area contributed by atoms with Crippen LogP contribution in [0.4, 0.5) is 0 Å². The molecule has 2 heterocycles. The third kappa shape index (κ3) is 2.83. The lowest BCUT2D eigenvalue weighted by Gasteiger charge is -2.35. The summed E-state index contributed by atoms with van der Waals surface area (Å²) in [6.45, 7) is 1.35. The van der Waals surface area contributed by atoms with Gasteiger partial charge >= 0.3 is 0 Å². The average molecular weight is 284 g/mol. The van der Waals surface area contributed by atoms with Crippen molar-refractivity contribution in [1.82, 2.24) is 14.5 Å². The second-order valence-electron chi connectivity index (χ2n) is 5.40. The molecule has 1 saturated heterocycles. The monoisotopic (exact) mass is 284 g/mol. The molecule has 1 unspecified atom stereocenters. The number of likely N-dealkylation sites (tertiary alicyclic amines) is 1. The van der Waals surface area contributed by atoms with Crippen LogP contribution in [0.2, 0.25) is 0 Å². The van der Waals surface area contributed by atoms with Crippen LogP contribution in [0.15, 0.2) is 43.0 Å². The first-order valence-electron chi connectivity index (χ1n) is 7.39. The minimum atomic E-state index is 0.0855. The number of hydrogen-bond acceptors (Lipinski definition) is 3. The minimum Gasteiger partial charge on any atom is -0.334 e. The van der Waals surface area contributed by atoms with E-state index in [9.17, 15) is 4.79 Å². The topological polar surface area (TPSA) is 64.2 Å². The van der Waals surface area contributed by atoms with Crippen molar-refractivity contribution in [3.63, 3.8) is 0 Å². The highest BCUT2D eigenvalue weighted by molar-refractivity contribution is 5.94. The molecule has 110 valence electrons. The predicted octanol–water partition coefficient (Wildman–Crippen LogP) is 1.83. The molecule has 0 bridgehead atoms. The van der Waals surface area contributed by atoms with E-state index in [1.807, 2.05) is 39.9 Å². The molecule has 1 aliphatic heterocycles. The van der Waals surface area contributed by atoms with Gasteiger partial charge < -0.3 is 15.2 Å². The van der Waals surface area contributed by atoms with Crippen LogP contribution >= 0.6 is 0 Å². The maximum Gasteiger partial charge on any atom is 0.254 e. The van der Waals surface area contributed by atoms with Crippen LogP contribution in [-0.4, -0.2) is 39.5 Å². The molecule has 21 heavy (non-hydrogen) atoms. The number of nitrogens with zero attached hydrogens (tertiary/aromatic N) is 3. The molecule has 1 aromatic carbocycles. The molecule has 1 fully saturated rings. The first kappa shape index (κ1) is 13.8. The summed E-state index contributed by atoms with van der Waals surface area (Å²) in [6.07, 6.45) is 8.59. The lowest BCUT2D eigenvalue weighted by atomic mass is 10.0. The Kier molecular flexibility index (Phi) is 4.01. The van der Waals surface area contributed by atoms with Gasteiger partial charge in [-0.1, -0.05) is 0 Å². The van der Waals surface area contributed by atoms with Crippen molar-refractivity contribution in [2.24, 2.45) is 5.73 Å². The number of rotatable bonds is 3. The zero-order chi connectivity index (χ0) is 14.7. The van der Waals surface area contributed by atoms with E-state index in [2.05, 4.69) is 4.98 Å². The third-order valence-electron chi connectivity index (χ3n) is 4.08. The molecule has 1 amide bonds. The van der Waals surface area contributed by atoms with E-state index in [-0.39, 0.29) is 11.9 Å².